The lowest BCUT2D eigenvalue weighted by Crippen LogP contribution is -2.52. The fourth-order valence-electron chi connectivity index (χ4n) is 4.17. The van der Waals surface area contributed by atoms with Gasteiger partial charge in [-0.05, 0) is 52.0 Å². The van der Waals surface area contributed by atoms with Crippen molar-refractivity contribution in [3.05, 3.63) is 24.2 Å². The molecule has 2 saturated heterocycles. The number of piperazine rings is 1. The molecule has 166 valence electrons. The first kappa shape index (κ1) is 24.4. The Hall–Kier alpha value is -0.840. The number of hydrogen-bond donors (Lipinski definition) is 2. The number of piperidine rings is 1. The maximum atomic E-state index is 5.75. The van der Waals surface area contributed by atoms with Crippen LogP contribution in [0.5, 0.6) is 0 Å². The van der Waals surface area contributed by atoms with Gasteiger partial charge in [0.1, 0.15) is 5.76 Å². The second-order valence-corrected chi connectivity index (χ2v) is 8.15. The number of nitrogens with zero attached hydrogens (tertiary/aromatic N) is 4. The van der Waals surface area contributed by atoms with Gasteiger partial charge in [-0.15, -0.1) is 24.0 Å². The van der Waals surface area contributed by atoms with Crippen LogP contribution in [0.25, 0.3) is 0 Å². The lowest BCUT2D eigenvalue weighted by molar-refractivity contribution is 0.120. The van der Waals surface area contributed by atoms with Crippen LogP contribution < -0.4 is 10.6 Å². The number of likely N-dealkylation sites (N-methyl/N-ethyl adjacent to an activating group) is 1. The predicted molar refractivity (Wildman–Crippen MR) is 130 cm³/mol. The Kier molecular flexibility index (Phi) is 10.8. The molecule has 0 aliphatic carbocycles. The molecule has 2 fully saturated rings. The van der Waals surface area contributed by atoms with Crippen molar-refractivity contribution in [3.63, 3.8) is 0 Å². The van der Waals surface area contributed by atoms with Gasteiger partial charge in [0.15, 0.2) is 5.96 Å². The zero-order chi connectivity index (χ0) is 19.8. The van der Waals surface area contributed by atoms with Crippen molar-refractivity contribution in [3.8, 4) is 0 Å². The Balaban J connectivity index is 0.00000300. The van der Waals surface area contributed by atoms with Gasteiger partial charge in [0, 0.05) is 52.4 Å². The first-order valence-corrected chi connectivity index (χ1v) is 10.8. The van der Waals surface area contributed by atoms with Crippen molar-refractivity contribution in [1.82, 2.24) is 25.3 Å². The Morgan fingerprint density at radius 3 is 2.34 bits per heavy atom. The molecule has 1 aromatic rings. The number of aliphatic imine (C=N–C) groups is 1. The van der Waals surface area contributed by atoms with Crippen molar-refractivity contribution in [2.24, 2.45) is 4.99 Å². The molecule has 2 atom stereocenters. The number of nitrogens with one attached hydrogen (secondary N) is 2. The van der Waals surface area contributed by atoms with E-state index in [1.54, 1.807) is 6.26 Å². The largest absolute Gasteiger partial charge is 0.468 e. The van der Waals surface area contributed by atoms with Gasteiger partial charge < -0.3 is 20.0 Å². The molecule has 0 radical (unpaired) electrons. The average Bonchev–Trinajstić information content (AvgIpc) is 3.26. The van der Waals surface area contributed by atoms with E-state index in [2.05, 4.69) is 50.4 Å². The van der Waals surface area contributed by atoms with Gasteiger partial charge >= 0.3 is 0 Å². The van der Waals surface area contributed by atoms with E-state index >= 15 is 0 Å². The normalized spacial score (nSPS) is 22.0. The minimum absolute atomic E-state index is 0. The fourth-order valence-corrected chi connectivity index (χ4v) is 4.17. The third-order valence-corrected chi connectivity index (χ3v) is 6.12. The van der Waals surface area contributed by atoms with Crippen molar-refractivity contribution in [1.29, 1.82) is 0 Å². The van der Waals surface area contributed by atoms with Crippen LogP contribution in [0.1, 0.15) is 38.0 Å². The van der Waals surface area contributed by atoms with Crippen molar-refractivity contribution >= 4 is 29.9 Å². The molecule has 0 spiro atoms. The summed E-state index contributed by atoms with van der Waals surface area (Å²) in [6.45, 7) is 10.9. The van der Waals surface area contributed by atoms with E-state index in [-0.39, 0.29) is 30.0 Å². The summed E-state index contributed by atoms with van der Waals surface area (Å²) in [4.78, 5) is 11.9. The smallest absolute Gasteiger partial charge is 0.191 e. The SMILES string of the molecule is CN=C(NCC(C)N1CCN(C)CC1)NCC(c1ccco1)N1CCCCC1.I. The molecule has 0 amide bonds. The van der Waals surface area contributed by atoms with Crippen LogP contribution in [0.3, 0.4) is 0 Å². The molecular formula is C21H39IN6O. The minimum Gasteiger partial charge on any atom is -0.468 e. The molecule has 29 heavy (non-hydrogen) atoms. The van der Waals surface area contributed by atoms with Gasteiger partial charge in [-0.3, -0.25) is 14.8 Å². The van der Waals surface area contributed by atoms with Crippen LogP contribution in [0.15, 0.2) is 27.8 Å². The zero-order valence-corrected chi connectivity index (χ0v) is 20.6. The van der Waals surface area contributed by atoms with Crippen LogP contribution in [-0.4, -0.2) is 93.2 Å². The van der Waals surface area contributed by atoms with E-state index in [0.717, 1.165) is 64.1 Å². The lowest BCUT2D eigenvalue weighted by Gasteiger charge is -2.36. The second-order valence-electron chi connectivity index (χ2n) is 8.15. The summed E-state index contributed by atoms with van der Waals surface area (Å²) in [5, 5.41) is 7.05. The summed E-state index contributed by atoms with van der Waals surface area (Å²) in [6, 6.07) is 4.82. The number of guanidine groups is 1. The van der Waals surface area contributed by atoms with Crippen molar-refractivity contribution in [2.75, 3.05) is 66.5 Å². The highest BCUT2D eigenvalue weighted by Gasteiger charge is 2.25. The first-order chi connectivity index (χ1) is 13.7. The van der Waals surface area contributed by atoms with Crippen LogP contribution >= 0.6 is 24.0 Å². The molecule has 3 rings (SSSR count). The lowest BCUT2D eigenvalue weighted by atomic mass is 10.1. The van der Waals surface area contributed by atoms with Crippen molar-refractivity contribution < 1.29 is 4.42 Å². The molecular weight excluding hydrogens is 479 g/mol. The monoisotopic (exact) mass is 518 g/mol. The molecule has 1 aromatic heterocycles. The number of halogens is 1. The molecule has 8 heteroatoms. The Labute approximate surface area is 193 Å². The topological polar surface area (TPSA) is 59.3 Å². The van der Waals surface area contributed by atoms with E-state index in [1.807, 2.05) is 13.1 Å². The van der Waals surface area contributed by atoms with Gasteiger partial charge in [0.2, 0.25) is 0 Å². The molecule has 2 aliphatic rings. The summed E-state index contributed by atoms with van der Waals surface area (Å²) in [7, 11) is 4.04. The first-order valence-electron chi connectivity index (χ1n) is 10.8. The summed E-state index contributed by atoms with van der Waals surface area (Å²) >= 11 is 0. The van der Waals surface area contributed by atoms with Gasteiger partial charge in [0.25, 0.3) is 0 Å². The number of furan rings is 1. The van der Waals surface area contributed by atoms with E-state index in [4.69, 9.17) is 4.42 Å². The number of likely N-dealkylation sites (tertiary alicyclic amines) is 1. The molecule has 2 N–H and O–H groups in total. The second kappa shape index (κ2) is 12.8. The minimum atomic E-state index is 0. The van der Waals surface area contributed by atoms with Crippen LogP contribution in [0, 0.1) is 0 Å². The highest BCUT2D eigenvalue weighted by molar-refractivity contribution is 14.0. The molecule has 2 unspecified atom stereocenters. The van der Waals surface area contributed by atoms with Crippen LogP contribution in [0.4, 0.5) is 0 Å². The fraction of sp³-hybridized carbons (Fsp3) is 0.762. The molecule has 3 heterocycles. The van der Waals surface area contributed by atoms with E-state index in [0.29, 0.717) is 6.04 Å². The number of hydrogen-bond acceptors (Lipinski definition) is 5. The van der Waals surface area contributed by atoms with E-state index < -0.39 is 0 Å². The Morgan fingerprint density at radius 1 is 1.03 bits per heavy atom. The molecule has 0 bridgehead atoms. The van der Waals surface area contributed by atoms with E-state index in [9.17, 15) is 0 Å². The summed E-state index contributed by atoms with van der Waals surface area (Å²) in [5.41, 5.74) is 0. The highest BCUT2D eigenvalue weighted by Crippen LogP contribution is 2.24. The summed E-state index contributed by atoms with van der Waals surface area (Å²) in [5.74, 6) is 1.91. The number of rotatable bonds is 7. The maximum Gasteiger partial charge on any atom is 0.191 e. The molecule has 0 saturated carbocycles. The van der Waals surface area contributed by atoms with Gasteiger partial charge in [0.05, 0.1) is 12.3 Å². The standard InChI is InChI=1S/C21H38N6O.HI/c1-18(26-13-11-25(3)12-14-26)16-23-21(22-2)24-17-19(20-8-7-15-28-20)27-9-5-4-6-10-27;/h7-8,15,18-19H,4-6,9-14,16-17H2,1-3H3,(H2,22,23,24);1H. The Morgan fingerprint density at radius 2 is 1.72 bits per heavy atom. The summed E-state index contributed by atoms with van der Waals surface area (Å²) in [6.07, 6.45) is 5.65. The maximum absolute atomic E-state index is 5.75. The Bertz CT molecular complexity index is 582. The third kappa shape index (κ3) is 7.41. The van der Waals surface area contributed by atoms with E-state index in [1.165, 1.54) is 19.3 Å². The molecule has 0 aromatic carbocycles. The zero-order valence-electron chi connectivity index (χ0n) is 18.3. The molecule has 2 aliphatic heterocycles. The van der Waals surface area contributed by atoms with Crippen LogP contribution in [-0.2, 0) is 0 Å². The van der Waals surface area contributed by atoms with Gasteiger partial charge in [-0.1, -0.05) is 6.42 Å². The highest BCUT2D eigenvalue weighted by atomic mass is 127. The summed E-state index contributed by atoms with van der Waals surface area (Å²) < 4.78 is 5.75. The van der Waals surface area contributed by atoms with Crippen molar-refractivity contribution in [2.45, 2.75) is 38.3 Å². The average molecular weight is 518 g/mol. The predicted octanol–water partition coefficient (Wildman–Crippen LogP) is 2.23. The van der Waals surface area contributed by atoms with Gasteiger partial charge in [-0.25, -0.2) is 0 Å². The van der Waals surface area contributed by atoms with Crippen LogP contribution in [0.2, 0.25) is 0 Å². The quantitative estimate of drug-likeness (QED) is 0.328. The molecule has 7 nitrogen and oxygen atoms in total. The third-order valence-electron chi connectivity index (χ3n) is 6.12. The van der Waals surface area contributed by atoms with Gasteiger partial charge in [-0.2, -0.15) is 0 Å².